The van der Waals surface area contributed by atoms with Crippen LogP contribution in [0.25, 0.3) is 50.7 Å². The van der Waals surface area contributed by atoms with Crippen LogP contribution in [0.3, 0.4) is 0 Å². The number of unbranched alkanes of at least 4 members (excludes halogenated alkanes) is 3. The summed E-state index contributed by atoms with van der Waals surface area (Å²) >= 11 is 9.58. The van der Waals surface area contributed by atoms with Gasteiger partial charge in [0.15, 0.2) is 5.75 Å². The van der Waals surface area contributed by atoms with Crippen LogP contribution in [0.15, 0.2) is 78.2 Å². The summed E-state index contributed by atoms with van der Waals surface area (Å²) in [7, 11) is -5.94. The second kappa shape index (κ2) is 21.5. The van der Waals surface area contributed by atoms with Crippen LogP contribution in [0.2, 0.25) is 23.9 Å². The minimum atomic E-state index is -5.94. The van der Waals surface area contributed by atoms with E-state index in [0.29, 0.717) is 34.0 Å². The van der Waals surface area contributed by atoms with Crippen molar-refractivity contribution in [1.29, 1.82) is 0 Å². The van der Waals surface area contributed by atoms with Crippen LogP contribution >= 0.6 is 23.2 Å². The van der Waals surface area contributed by atoms with Crippen molar-refractivity contribution in [3.05, 3.63) is 106 Å². The van der Waals surface area contributed by atoms with E-state index in [-0.39, 0.29) is 33.2 Å². The maximum absolute atomic E-state index is 13.8. The van der Waals surface area contributed by atoms with E-state index in [1.807, 2.05) is 0 Å². The van der Waals surface area contributed by atoms with Gasteiger partial charge in [0.05, 0.1) is 23.3 Å². The van der Waals surface area contributed by atoms with Gasteiger partial charge in [0.1, 0.15) is 17.3 Å². The number of H-pyrrole nitrogens is 2. The Hall–Kier alpha value is -4.06. The first-order valence-electron chi connectivity index (χ1n) is 18.9. The maximum atomic E-state index is 13.8. The van der Waals surface area contributed by atoms with Gasteiger partial charge in [0.2, 0.25) is 10.6 Å². The standard InChI is InChI=1S/C14H9ClFN3.C13H6ClF4N3O3S.3C4H9.C2H3.Sn/c1-2-8-7-17-14(15)19-13(8)12-6-9-10(16)4-3-5-11(9)18-12;14-12-19-5-10(24-25(22,23)13(16,17)18)11(21-12)9-4-6-7(15)2-1-3-8(6)20-9;3*1-3-4-2;1-2;/h2-7,18H,1H2;1-5,20H;3*1,3-4H2,2H3;1H,2H2;. The monoisotopic (exact) mass is 986 g/mol. The molecular weight excluding hydrogens is 941 g/mol. The van der Waals surface area contributed by atoms with Crippen LogP contribution in [-0.2, 0) is 10.1 Å². The Balaban J connectivity index is 0.000000203. The van der Waals surface area contributed by atoms with E-state index in [4.69, 9.17) is 23.2 Å². The van der Waals surface area contributed by atoms with Crippen molar-refractivity contribution < 1.29 is 34.6 Å². The molecule has 316 valence electrons. The summed E-state index contributed by atoms with van der Waals surface area (Å²) in [5.74, 6) is -1.68. The number of aromatic nitrogens is 6. The average Bonchev–Trinajstić information content (AvgIpc) is 3.85. The number of fused-ring (bicyclic) bond motifs is 2. The Kier molecular flexibility index (Phi) is 17.3. The van der Waals surface area contributed by atoms with Crippen molar-refractivity contribution in [2.75, 3.05) is 0 Å². The Morgan fingerprint density at radius 3 is 1.64 bits per heavy atom. The van der Waals surface area contributed by atoms with E-state index in [9.17, 15) is 30.4 Å². The molecule has 0 saturated carbocycles. The van der Waals surface area contributed by atoms with Gasteiger partial charge in [-0.05, 0) is 59.6 Å². The van der Waals surface area contributed by atoms with Crippen molar-refractivity contribution in [3.63, 3.8) is 0 Å². The maximum Gasteiger partial charge on any atom is 0.534 e. The molecule has 0 aliphatic carbocycles. The first-order valence-corrected chi connectivity index (χ1v) is 28.8. The molecule has 0 radical (unpaired) electrons. The molecule has 2 N–H and O–H groups in total. The number of nitrogens with zero attached hydrogens (tertiary/aromatic N) is 4. The van der Waals surface area contributed by atoms with E-state index >= 15 is 0 Å². The van der Waals surface area contributed by atoms with Crippen LogP contribution in [-0.4, -0.2) is 62.2 Å². The molecule has 0 fully saturated rings. The topological polar surface area (TPSA) is 127 Å². The van der Waals surface area contributed by atoms with Gasteiger partial charge in [-0.3, -0.25) is 0 Å². The van der Waals surface area contributed by atoms with Gasteiger partial charge in [-0.1, -0.05) is 24.8 Å². The molecule has 18 heteroatoms. The van der Waals surface area contributed by atoms with Crippen LogP contribution in [0.5, 0.6) is 5.75 Å². The van der Waals surface area contributed by atoms with Crippen molar-refractivity contribution >= 4 is 79.6 Å². The molecule has 6 aromatic rings. The normalized spacial score (nSPS) is 11.8. The first kappa shape index (κ1) is 47.6. The van der Waals surface area contributed by atoms with Gasteiger partial charge in [-0.25, -0.2) is 28.7 Å². The second-order valence-electron chi connectivity index (χ2n) is 13.6. The Morgan fingerprint density at radius 2 is 1.22 bits per heavy atom. The molecule has 0 aliphatic heterocycles. The van der Waals surface area contributed by atoms with E-state index in [2.05, 4.69) is 72.1 Å². The largest absolute Gasteiger partial charge is 0.534 e. The van der Waals surface area contributed by atoms with Crippen LogP contribution in [0.1, 0.15) is 64.9 Å². The Bertz CT molecular complexity index is 2460. The fourth-order valence-electron chi connectivity index (χ4n) is 6.26. The van der Waals surface area contributed by atoms with Crippen LogP contribution < -0.4 is 4.18 Å². The summed E-state index contributed by atoms with van der Waals surface area (Å²) in [5.41, 5.74) is -2.98. The van der Waals surface area contributed by atoms with Gasteiger partial charge >= 0.3 is 117 Å². The second-order valence-corrected chi connectivity index (χ2v) is 29.1. The predicted molar refractivity (Wildman–Crippen MR) is 229 cm³/mol. The summed E-state index contributed by atoms with van der Waals surface area (Å²) in [6.07, 6.45) is 12.4. The van der Waals surface area contributed by atoms with Crippen molar-refractivity contribution in [2.24, 2.45) is 0 Å². The van der Waals surface area contributed by atoms with Gasteiger partial charge in [0, 0.05) is 33.6 Å². The molecule has 6 rings (SSSR count). The summed E-state index contributed by atoms with van der Waals surface area (Å²) in [5, 5.41) is 0.407. The molecule has 4 aromatic heterocycles. The molecular formula is C41H45Cl2F5N6O3SSn. The minimum absolute atomic E-state index is 0.00299. The van der Waals surface area contributed by atoms with E-state index < -0.39 is 45.6 Å². The van der Waals surface area contributed by atoms with Crippen molar-refractivity contribution in [3.8, 4) is 28.5 Å². The number of hydrogen-bond acceptors (Lipinski definition) is 7. The first-order chi connectivity index (χ1) is 28.0. The SMILES string of the molecule is C=Cc1cnc(Cl)nc1-c1cc2c(F)cccc2[nH]1.C=[CH][Sn]([CH2]CCC)([CH2]CCC)[CH2]CCC.O=S(=O)(Oc1cnc(Cl)nc1-c1cc2c(F)cccc2[nH]1)C(F)(F)F. The fraction of sp³-hybridized carbons (Fsp3) is 0.317. The fourth-order valence-corrected chi connectivity index (χ4v) is 19.9. The molecule has 4 heterocycles. The Labute approximate surface area is 354 Å². The third kappa shape index (κ3) is 12.5. The van der Waals surface area contributed by atoms with Crippen molar-refractivity contribution in [1.82, 2.24) is 29.9 Å². The molecule has 59 heavy (non-hydrogen) atoms. The number of alkyl halides is 3. The molecule has 9 nitrogen and oxygen atoms in total. The van der Waals surface area contributed by atoms with Crippen LogP contribution in [0, 0.1) is 11.6 Å². The number of hydrogen-bond donors (Lipinski definition) is 2. The summed E-state index contributed by atoms with van der Waals surface area (Å²) in [6.45, 7) is 14.8. The molecule has 0 unspecified atom stereocenters. The number of rotatable bonds is 15. The minimum Gasteiger partial charge on any atom is -0.372 e. The molecule has 0 spiro atoms. The molecule has 0 amide bonds. The molecule has 0 bridgehead atoms. The molecule has 2 aromatic carbocycles. The zero-order valence-corrected chi connectivity index (χ0v) is 38.0. The quantitative estimate of drug-likeness (QED) is 0.0345. The zero-order valence-electron chi connectivity index (χ0n) is 32.8. The summed E-state index contributed by atoms with van der Waals surface area (Å²) in [6, 6.07) is 11.9. The zero-order chi connectivity index (χ0) is 43.4. The van der Waals surface area contributed by atoms with Crippen molar-refractivity contribution in [2.45, 2.75) is 78.1 Å². The number of halogens is 7. The number of nitrogens with one attached hydrogen (secondary N) is 2. The molecule has 0 atom stereocenters. The van der Waals surface area contributed by atoms with Gasteiger partial charge < -0.3 is 14.2 Å². The van der Waals surface area contributed by atoms with E-state index in [0.717, 1.165) is 5.56 Å². The molecule has 0 saturated heterocycles. The van der Waals surface area contributed by atoms with Gasteiger partial charge in [-0.15, -0.1) is 0 Å². The molecule has 0 aliphatic rings. The Morgan fingerprint density at radius 1 is 0.763 bits per heavy atom. The average molecular weight is 987 g/mol. The number of benzene rings is 2. The summed E-state index contributed by atoms with van der Waals surface area (Å²) < 4.78 is 98.7. The van der Waals surface area contributed by atoms with E-state index in [1.54, 1.807) is 43.8 Å². The van der Waals surface area contributed by atoms with Gasteiger partial charge in [0.25, 0.3) is 0 Å². The third-order valence-electron chi connectivity index (χ3n) is 9.47. The van der Waals surface area contributed by atoms with Gasteiger partial charge in [-0.2, -0.15) is 21.6 Å². The smallest absolute Gasteiger partial charge is 0.372 e. The number of aromatic amines is 2. The van der Waals surface area contributed by atoms with Crippen LogP contribution in [0.4, 0.5) is 22.0 Å². The predicted octanol–water partition coefficient (Wildman–Crippen LogP) is 13.3. The summed E-state index contributed by atoms with van der Waals surface area (Å²) in [4.78, 5) is 21.0. The third-order valence-corrected chi connectivity index (χ3v) is 24.8. The van der Waals surface area contributed by atoms with E-state index in [1.165, 1.54) is 68.9 Å².